The molecule has 1 N–H and O–H groups in total. The first kappa shape index (κ1) is 11.9. The molecule has 1 saturated carbocycles. The molecule has 3 unspecified atom stereocenters. The van der Waals surface area contributed by atoms with Gasteiger partial charge in [-0.15, -0.1) is 0 Å². The first-order chi connectivity index (χ1) is 7.83. The maximum Gasteiger partial charge on any atom is 0.0635 e. The van der Waals surface area contributed by atoms with E-state index in [2.05, 4.69) is 11.0 Å². The number of rotatable bonds is 3. The standard InChI is InChI=1S/C13H22N2O/c14-8-4-10-15-9-3-6-12(15)11-5-1-2-7-13(11)16/h11-13,16H,1-7,9-10H2. The Labute approximate surface area is 98.1 Å². The summed E-state index contributed by atoms with van der Waals surface area (Å²) in [5, 5.41) is 18.7. The summed E-state index contributed by atoms with van der Waals surface area (Å²) in [4.78, 5) is 2.43. The zero-order valence-corrected chi connectivity index (χ0v) is 9.94. The third kappa shape index (κ3) is 2.56. The summed E-state index contributed by atoms with van der Waals surface area (Å²) in [6.45, 7) is 2.01. The van der Waals surface area contributed by atoms with Crippen molar-refractivity contribution in [3.05, 3.63) is 0 Å². The van der Waals surface area contributed by atoms with Crippen molar-refractivity contribution in [3.63, 3.8) is 0 Å². The predicted molar refractivity (Wildman–Crippen MR) is 62.8 cm³/mol. The summed E-state index contributed by atoms with van der Waals surface area (Å²) >= 11 is 0. The Morgan fingerprint density at radius 2 is 2.00 bits per heavy atom. The van der Waals surface area contributed by atoms with Crippen LogP contribution in [0.15, 0.2) is 0 Å². The van der Waals surface area contributed by atoms with E-state index < -0.39 is 0 Å². The van der Waals surface area contributed by atoms with E-state index in [0.717, 1.165) is 19.5 Å². The van der Waals surface area contributed by atoms with Crippen molar-refractivity contribution in [2.24, 2.45) is 5.92 Å². The highest BCUT2D eigenvalue weighted by molar-refractivity contribution is 4.91. The number of aliphatic hydroxyl groups excluding tert-OH is 1. The second-order valence-corrected chi connectivity index (χ2v) is 5.17. The smallest absolute Gasteiger partial charge is 0.0635 e. The molecule has 1 aliphatic heterocycles. The number of hydrogen-bond acceptors (Lipinski definition) is 3. The van der Waals surface area contributed by atoms with Crippen LogP contribution in [0.3, 0.4) is 0 Å². The highest BCUT2D eigenvalue weighted by Gasteiger charge is 2.36. The van der Waals surface area contributed by atoms with Crippen molar-refractivity contribution in [3.8, 4) is 6.07 Å². The van der Waals surface area contributed by atoms with Gasteiger partial charge in [0.25, 0.3) is 0 Å². The van der Waals surface area contributed by atoms with Gasteiger partial charge < -0.3 is 5.11 Å². The Hall–Kier alpha value is -0.590. The van der Waals surface area contributed by atoms with Gasteiger partial charge in [-0.1, -0.05) is 12.8 Å². The zero-order chi connectivity index (χ0) is 11.4. The van der Waals surface area contributed by atoms with Crippen molar-refractivity contribution < 1.29 is 5.11 Å². The molecule has 0 aromatic carbocycles. The Morgan fingerprint density at radius 1 is 1.19 bits per heavy atom. The lowest BCUT2D eigenvalue weighted by Crippen LogP contribution is -2.42. The van der Waals surface area contributed by atoms with Crippen LogP contribution in [0.2, 0.25) is 0 Å². The molecule has 0 aromatic rings. The quantitative estimate of drug-likeness (QED) is 0.793. The molecule has 16 heavy (non-hydrogen) atoms. The van der Waals surface area contributed by atoms with Crippen LogP contribution in [0.1, 0.15) is 44.9 Å². The van der Waals surface area contributed by atoms with Crippen molar-refractivity contribution in [2.45, 2.75) is 57.1 Å². The lowest BCUT2D eigenvalue weighted by molar-refractivity contribution is 0.0227. The van der Waals surface area contributed by atoms with Gasteiger partial charge in [0, 0.05) is 24.9 Å². The van der Waals surface area contributed by atoms with Crippen LogP contribution in [-0.2, 0) is 0 Å². The van der Waals surface area contributed by atoms with Gasteiger partial charge in [-0.3, -0.25) is 4.90 Å². The number of nitriles is 1. The number of hydrogen-bond donors (Lipinski definition) is 1. The average Bonchev–Trinajstić information content (AvgIpc) is 2.75. The summed E-state index contributed by atoms with van der Waals surface area (Å²) in [6, 6.07) is 2.77. The van der Waals surface area contributed by atoms with Gasteiger partial charge in [0.15, 0.2) is 0 Å². The number of likely N-dealkylation sites (tertiary alicyclic amines) is 1. The normalized spacial score (nSPS) is 36.1. The van der Waals surface area contributed by atoms with Crippen LogP contribution in [0.5, 0.6) is 0 Å². The monoisotopic (exact) mass is 222 g/mol. The highest BCUT2D eigenvalue weighted by Crippen LogP contribution is 2.34. The molecule has 0 spiro atoms. The molecule has 1 saturated heterocycles. The van der Waals surface area contributed by atoms with Crippen molar-refractivity contribution in [1.29, 1.82) is 5.26 Å². The summed E-state index contributed by atoms with van der Waals surface area (Å²) in [5.74, 6) is 0.468. The zero-order valence-electron chi connectivity index (χ0n) is 9.94. The van der Waals surface area contributed by atoms with Crippen LogP contribution >= 0.6 is 0 Å². The summed E-state index contributed by atoms with van der Waals surface area (Å²) in [7, 11) is 0. The molecule has 1 aliphatic carbocycles. The molecule has 1 heterocycles. The molecule has 0 bridgehead atoms. The maximum absolute atomic E-state index is 10.1. The second kappa shape index (κ2) is 5.65. The van der Waals surface area contributed by atoms with Gasteiger partial charge in [-0.2, -0.15) is 5.26 Å². The molecule has 2 rings (SSSR count). The van der Waals surface area contributed by atoms with E-state index in [0.29, 0.717) is 18.4 Å². The van der Waals surface area contributed by atoms with Gasteiger partial charge in [-0.05, 0) is 32.2 Å². The maximum atomic E-state index is 10.1. The third-order valence-corrected chi connectivity index (χ3v) is 4.20. The summed E-state index contributed by atoms with van der Waals surface area (Å²) in [6.07, 6.45) is 7.59. The minimum atomic E-state index is -0.0959. The van der Waals surface area contributed by atoms with E-state index in [4.69, 9.17) is 5.26 Å². The highest BCUT2D eigenvalue weighted by atomic mass is 16.3. The fraction of sp³-hybridized carbons (Fsp3) is 0.923. The van der Waals surface area contributed by atoms with E-state index in [9.17, 15) is 5.11 Å². The summed E-state index contributed by atoms with van der Waals surface area (Å²) in [5.41, 5.74) is 0. The van der Waals surface area contributed by atoms with Gasteiger partial charge >= 0.3 is 0 Å². The minimum absolute atomic E-state index is 0.0959. The number of aliphatic hydroxyl groups is 1. The molecule has 0 amide bonds. The molecule has 2 fully saturated rings. The second-order valence-electron chi connectivity index (χ2n) is 5.17. The number of nitrogens with zero attached hydrogens (tertiary/aromatic N) is 2. The van der Waals surface area contributed by atoms with E-state index in [1.165, 1.54) is 32.1 Å². The van der Waals surface area contributed by atoms with Crippen LogP contribution in [0.4, 0.5) is 0 Å². The first-order valence-electron chi connectivity index (χ1n) is 6.62. The lowest BCUT2D eigenvalue weighted by Gasteiger charge is -2.37. The lowest BCUT2D eigenvalue weighted by atomic mass is 9.80. The van der Waals surface area contributed by atoms with Gasteiger partial charge in [0.1, 0.15) is 0 Å². The van der Waals surface area contributed by atoms with Gasteiger partial charge in [0.2, 0.25) is 0 Å². The van der Waals surface area contributed by atoms with E-state index >= 15 is 0 Å². The summed E-state index contributed by atoms with van der Waals surface area (Å²) < 4.78 is 0. The molecule has 3 nitrogen and oxygen atoms in total. The molecule has 0 radical (unpaired) electrons. The Morgan fingerprint density at radius 3 is 2.75 bits per heavy atom. The van der Waals surface area contributed by atoms with Crippen LogP contribution in [-0.4, -0.2) is 35.2 Å². The van der Waals surface area contributed by atoms with Crippen LogP contribution in [0, 0.1) is 17.2 Å². The fourth-order valence-electron chi connectivity index (χ4n) is 3.40. The van der Waals surface area contributed by atoms with E-state index in [1.54, 1.807) is 0 Å². The molecule has 3 heteroatoms. The molecular weight excluding hydrogens is 200 g/mol. The van der Waals surface area contributed by atoms with E-state index in [-0.39, 0.29) is 6.10 Å². The predicted octanol–water partition coefficient (Wildman–Crippen LogP) is 1.92. The Bertz CT molecular complexity index is 261. The van der Waals surface area contributed by atoms with Gasteiger partial charge in [-0.25, -0.2) is 0 Å². The Balaban J connectivity index is 1.93. The van der Waals surface area contributed by atoms with Gasteiger partial charge in [0.05, 0.1) is 12.2 Å². The van der Waals surface area contributed by atoms with Crippen molar-refractivity contribution in [2.75, 3.05) is 13.1 Å². The third-order valence-electron chi connectivity index (χ3n) is 4.20. The van der Waals surface area contributed by atoms with Crippen molar-refractivity contribution >= 4 is 0 Å². The molecule has 3 atom stereocenters. The topological polar surface area (TPSA) is 47.3 Å². The van der Waals surface area contributed by atoms with Crippen molar-refractivity contribution in [1.82, 2.24) is 4.90 Å². The van der Waals surface area contributed by atoms with E-state index in [1.807, 2.05) is 0 Å². The first-order valence-corrected chi connectivity index (χ1v) is 6.62. The SMILES string of the molecule is N#CCCN1CCCC1C1CCCCC1O. The van der Waals surface area contributed by atoms with Crippen LogP contribution in [0.25, 0.3) is 0 Å². The minimum Gasteiger partial charge on any atom is -0.393 e. The fourth-order valence-corrected chi connectivity index (χ4v) is 3.40. The average molecular weight is 222 g/mol. The molecule has 90 valence electrons. The largest absolute Gasteiger partial charge is 0.393 e. The van der Waals surface area contributed by atoms with Crippen LogP contribution < -0.4 is 0 Å². The molecule has 0 aromatic heterocycles. The molecule has 2 aliphatic rings. The molecular formula is C13H22N2O. The Kier molecular flexibility index (Phi) is 4.20.